The molecule has 0 aliphatic carbocycles. The summed E-state index contributed by atoms with van der Waals surface area (Å²) >= 11 is 0. The Morgan fingerprint density at radius 2 is 2.15 bits per heavy atom. The maximum Gasteiger partial charge on any atom is 0.261 e. The van der Waals surface area contributed by atoms with Crippen LogP contribution in [0.3, 0.4) is 0 Å². The monoisotopic (exact) mass is 216 g/mol. The van der Waals surface area contributed by atoms with Gasteiger partial charge in [0.05, 0.1) is 4.90 Å². The lowest BCUT2D eigenvalue weighted by Crippen LogP contribution is -1.92. The van der Waals surface area contributed by atoms with Crippen LogP contribution in [0.4, 0.5) is 0 Å². The summed E-state index contributed by atoms with van der Waals surface area (Å²) in [7, 11) is 1.51. The van der Waals surface area contributed by atoms with E-state index in [0.717, 1.165) is 0 Å². The van der Waals surface area contributed by atoms with Gasteiger partial charge in [0, 0.05) is 35.3 Å². The van der Waals surface area contributed by atoms with Crippen LogP contribution in [-0.2, 0) is 9.05 Å². The van der Waals surface area contributed by atoms with Gasteiger partial charge in [-0.1, -0.05) is 0 Å². The SMILES string of the molecule is O=S(=O)(Cl)c1ccn2ccnc2c1. The summed E-state index contributed by atoms with van der Waals surface area (Å²) in [4.78, 5) is 4.00. The van der Waals surface area contributed by atoms with Crippen LogP contribution in [-0.4, -0.2) is 17.8 Å². The minimum absolute atomic E-state index is 0.0628. The van der Waals surface area contributed by atoms with Gasteiger partial charge in [0.1, 0.15) is 5.65 Å². The molecular formula is C7H5ClN2O2S. The van der Waals surface area contributed by atoms with E-state index in [1.54, 1.807) is 23.0 Å². The number of pyridine rings is 1. The molecule has 13 heavy (non-hydrogen) atoms. The lowest BCUT2D eigenvalue weighted by atomic mass is 10.5. The van der Waals surface area contributed by atoms with E-state index in [0.29, 0.717) is 5.65 Å². The molecule has 0 saturated heterocycles. The summed E-state index contributed by atoms with van der Waals surface area (Å²) in [5, 5.41) is 0. The average Bonchev–Trinajstić information content (AvgIpc) is 2.47. The van der Waals surface area contributed by atoms with E-state index in [-0.39, 0.29) is 4.90 Å². The fourth-order valence-corrected chi connectivity index (χ4v) is 1.80. The van der Waals surface area contributed by atoms with Gasteiger partial charge in [-0.15, -0.1) is 0 Å². The second-order valence-corrected chi connectivity index (χ2v) is 5.06. The Labute approximate surface area is 79.2 Å². The van der Waals surface area contributed by atoms with E-state index >= 15 is 0 Å². The molecule has 0 unspecified atom stereocenters. The van der Waals surface area contributed by atoms with Gasteiger partial charge < -0.3 is 4.40 Å². The highest BCUT2D eigenvalue weighted by Crippen LogP contribution is 2.15. The number of aromatic nitrogens is 2. The van der Waals surface area contributed by atoms with Crippen molar-refractivity contribution in [3.05, 3.63) is 30.7 Å². The minimum Gasteiger partial charge on any atom is -0.307 e. The molecule has 0 N–H and O–H groups in total. The molecule has 0 radical (unpaired) electrons. The van der Waals surface area contributed by atoms with Crippen LogP contribution in [0.2, 0.25) is 0 Å². The van der Waals surface area contributed by atoms with Crippen molar-refractivity contribution < 1.29 is 8.42 Å². The molecule has 0 aliphatic rings. The molecule has 68 valence electrons. The largest absolute Gasteiger partial charge is 0.307 e. The highest BCUT2D eigenvalue weighted by molar-refractivity contribution is 8.13. The van der Waals surface area contributed by atoms with Crippen LogP contribution in [0.25, 0.3) is 5.65 Å². The maximum atomic E-state index is 10.9. The van der Waals surface area contributed by atoms with E-state index in [2.05, 4.69) is 4.98 Å². The van der Waals surface area contributed by atoms with Crippen LogP contribution >= 0.6 is 10.7 Å². The molecule has 0 aliphatic heterocycles. The van der Waals surface area contributed by atoms with Gasteiger partial charge in [0.2, 0.25) is 0 Å². The number of hydrogen-bond acceptors (Lipinski definition) is 3. The molecule has 0 saturated carbocycles. The second-order valence-electron chi connectivity index (χ2n) is 2.49. The Bertz CT molecular complexity index is 546. The van der Waals surface area contributed by atoms with Crippen LogP contribution < -0.4 is 0 Å². The van der Waals surface area contributed by atoms with Crippen molar-refractivity contribution in [1.82, 2.24) is 9.38 Å². The van der Waals surface area contributed by atoms with Gasteiger partial charge in [-0.2, -0.15) is 0 Å². The van der Waals surface area contributed by atoms with Crippen LogP contribution in [0.15, 0.2) is 35.6 Å². The number of nitrogens with zero attached hydrogens (tertiary/aromatic N) is 2. The molecule has 0 bridgehead atoms. The topological polar surface area (TPSA) is 51.4 Å². The van der Waals surface area contributed by atoms with Gasteiger partial charge in [-0.25, -0.2) is 13.4 Å². The summed E-state index contributed by atoms with van der Waals surface area (Å²) in [6.07, 6.45) is 4.90. The number of imidazole rings is 1. The van der Waals surface area contributed by atoms with Crippen molar-refractivity contribution in [2.45, 2.75) is 4.90 Å². The van der Waals surface area contributed by atoms with Gasteiger partial charge in [0.25, 0.3) is 9.05 Å². The summed E-state index contributed by atoms with van der Waals surface area (Å²) < 4.78 is 23.6. The molecule has 2 heterocycles. The van der Waals surface area contributed by atoms with E-state index in [1.165, 1.54) is 12.1 Å². The molecule has 4 nitrogen and oxygen atoms in total. The third-order valence-corrected chi connectivity index (χ3v) is 3.00. The summed E-state index contributed by atoms with van der Waals surface area (Å²) in [5.74, 6) is 0. The molecule has 0 spiro atoms. The Morgan fingerprint density at radius 1 is 1.38 bits per heavy atom. The van der Waals surface area contributed by atoms with E-state index in [4.69, 9.17) is 10.7 Å². The average molecular weight is 217 g/mol. The van der Waals surface area contributed by atoms with E-state index in [9.17, 15) is 8.42 Å². The lowest BCUT2D eigenvalue weighted by molar-refractivity contribution is 0.609. The van der Waals surface area contributed by atoms with E-state index < -0.39 is 9.05 Å². The van der Waals surface area contributed by atoms with Crippen molar-refractivity contribution in [2.24, 2.45) is 0 Å². The fourth-order valence-electron chi connectivity index (χ4n) is 1.04. The smallest absolute Gasteiger partial charge is 0.261 e. The number of halogens is 1. The first-order chi connectivity index (χ1) is 6.07. The minimum atomic E-state index is -3.65. The highest BCUT2D eigenvalue weighted by atomic mass is 35.7. The zero-order valence-electron chi connectivity index (χ0n) is 6.38. The van der Waals surface area contributed by atoms with Crippen LogP contribution in [0.5, 0.6) is 0 Å². The highest BCUT2D eigenvalue weighted by Gasteiger charge is 2.10. The molecule has 2 rings (SSSR count). The predicted molar refractivity (Wildman–Crippen MR) is 48.2 cm³/mol. The van der Waals surface area contributed by atoms with Crippen molar-refractivity contribution >= 4 is 25.4 Å². The fraction of sp³-hybridized carbons (Fsp3) is 0. The zero-order valence-corrected chi connectivity index (χ0v) is 7.96. The standard InChI is InChI=1S/C7H5ClN2O2S/c8-13(11,12)6-1-3-10-4-2-9-7(10)5-6/h1-5H. The first-order valence-corrected chi connectivity index (χ1v) is 5.76. The first-order valence-electron chi connectivity index (χ1n) is 3.45. The summed E-state index contributed by atoms with van der Waals surface area (Å²) in [6.45, 7) is 0. The van der Waals surface area contributed by atoms with Gasteiger partial charge >= 0.3 is 0 Å². The number of rotatable bonds is 1. The Hall–Kier alpha value is -1.07. The molecule has 0 atom stereocenters. The third kappa shape index (κ3) is 1.52. The third-order valence-electron chi connectivity index (χ3n) is 1.65. The van der Waals surface area contributed by atoms with Crippen molar-refractivity contribution in [3.63, 3.8) is 0 Å². The number of hydrogen-bond donors (Lipinski definition) is 0. The quantitative estimate of drug-likeness (QED) is 0.675. The Kier molecular flexibility index (Phi) is 1.78. The van der Waals surface area contributed by atoms with Gasteiger partial charge in [-0.05, 0) is 6.07 Å². The van der Waals surface area contributed by atoms with Crippen molar-refractivity contribution in [1.29, 1.82) is 0 Å². The van der Waals surface area contributed by atoms with Crippen molar-refractivity contribution in [3.8, 4) is 0 Å². The maximum absolute atomic E-state index is 10.9. The van der Waals surface area contributed by atoms with E-state index in [1.807, 2.05) is 0 Å². The predicted octanol–water partition coefficient (Wildman–Crippen LogP) is 1.26. The zero-order chi connectivity index (χ0) is 9.47. The van der Waals surface area contributed by atoms with Gasteiger partial charge in [0.15, 0.2) is 0 Å². The molecule has 0 fully saturated rings. The molecule has 6 heteroatoms. The lowest BCUT2D eigenvalue weighted by Gasteiger charge is -1.96. The van der Waals surface area contributed by atoms with Crippen LogP contribution in [0.1, 0.15) is 0 Å². The summed E-state index contributed by atoms with van der Waals surface area (Å²) in [5.41, 5.74) is 0.557. The molecule has 0 aromatic carbocycles. The summed E-state index contributed by atoms with van der Waals surface area (Å²) in [6, 6.07) is 2.85. The second kappa shape index (κ2) is 2.71. The first kappa shape index (κ1) is 8.52. The molecule has 0 amide bonds. The molecule has 2 aromatic rings. The van der Waals surface area contributed by atoms with Crippen LogP contribution in [0, 0.1) is 0 Å². The Balaban J connectivity index is 2.75. The molecule has 2 aromatic heterocycles. The van der Waals surface area contributed by atoms with Crippen molar-refractivity contribution in [2.75, 3.05) is 0 Å². The molecular weight excluding hydrogens is 212 g/mol. The normalized spacial score (nSPS) is 12.1. The Morgan fingerprint density at radius 3 is 2.85 bits per heavy atom. The number of fused-ring (bicyclic) bond motifs is 1. The van der Waals surface area contributed by atoms with Gasteiger partial charge in [-0.3, -0.25) is 0 Å².